The minimum Gasteiger partial charge on any atom is -0.469 e. The van der Waals surface area contributed by atoms with Crippen LogP contribution in [0.15, 0.2) is 24.3 Å². The second-order valence-corrected chi connectivity index (χ2v) is 7.30. The Morgan fingerprint density at radius 2 is 1.71 bits per heavy atom. The highest BCUT2D eigenvalue weighted by Crippen LogP contribution is 2.15. The van der Waals surface area contributed by atoms with Gasteiger partial charge in [-0.25, -0.2) is 8.42 Å². The molecule has 1 rings (SSSR count). The van der Waals surface area contributed by atoms with E-state index in [1.165, 1.54) is 7.11 Å². The summed E-state index contributed by atoms with van der Waals surface area (Å²) in [5, 5.41) is 0. The van der Waals surface area contributed by atoms with Crippen molar-refractivity contribution in [3.05, 3.63) is 35.4 Å². The first-order valence-corrected chi connectivity index (χ1v) is 8.47. The number of ketones is 1. The van der Waals surface area contributed by atoms with Crippen LogP contribution in [0.3, 0.4) is 0 Å². The van der Waals surface area contributed by atoms with E-state index in [-0.39, 0.29) is 12.2 Å². The molecule has 0 N–H and O–H groups in total. The van der Waals surface area contributed by atoms with E-state index in [1.807, 2.05) is 26.0 Å². The molecule has 0 aliphatic rings. The molecule has 0 fully saturated rings. The Bertz CT molecular complexity index is 599. The predicted molar refractivity (Wildman–Crippen MR) is 80.1 cm³/mol. The molecule has 0 saturated carbocycles. The van der Waals surface area contributed by atoms with Gasteiger partial charge in [-0.2, -0.15) is 0 Å². The molecular formula is C15H20O5S. The van der Waals surface area contributed by atoms with Crippen LogP contribution in [0.1, 0.15) is 42.1 Å². The third-order valence-electron chi connectivity index (χ3n) is 3.10. The van der Waals surface area contributed by atoms with Gasteiger partial charge < -0.3 is 4.74 Å². The van der Waals surface area contributed by atoms with Crippen molar-refractivity contribution < 1.29 is 22.7 Å². The highest BCUT2D eigenvalue weighted by Gasteiger charge is 2.19. The van der Waals surface area contributed by atoms with E-state index in [0.29, 0.717) is 11.5 Å². The standard InChI is InChI=1S/C15H20O5S/c1-11(2)12-4-6-13(7-5-12)14(16)10-21(18,19)9-8-15(17)20-3/h4-7,11H,8-10H2,1-3H3. The first-order chi connectivity index (χ1) is 9.75. The molecule has 0 aromatic heterocycles. The average Bonchev–Trinajstić information content (AvgIpc) is 2.44. The smallest absolute Gasteiger partial charge is 0.306 e. The molecule has 0 aliphatic carbocycles. The van der Waals surface area contributed by atoms with Crippen molar-refractivity contribution in [2.45, 2.75) is 26.2 Å². The van der Waals surface area contributed by atoms with Crippen molar-refractivity contribution in [1.29, 1.82) is 0 Å². The summed E-state index contributed by atoms with van der Waals surface area (Å²) in [6, 6.07) is 6.90. The molecule has 1 aromatic carbocycles. The van der Waals surface area contributed by atoms with Crippen molar-refractivity contribution in [1.82, 2.24) is 0 Å². The van der Waals surface area contributed by atoms with Crippen molar-refractivity contribution in [2.24, 2.45) is 0 Å². The van der Waals surface area contributed by atoms with Crippen LogP contribution < -0.4 is 0 Å². The molecule has 0 aliphatic heterocycles. The van der Waals surface area contributed by atoms with Gasteiger partial charge in [-0.3, -0.25) is 9.59 Å². The van der Waals surface area contributed by atoms with Gasteiger partial charge in [0.05, 0.1) is 19.3 Å². The maximum absolute atomic E-state index is 12.0. The van der Waals surface area contributed by atoms with Gasteiger partial charge in [-0.15, -0.1) is 0 Å². The molecule has 0 bridgehead atoms. The monoisotopic (exact) mass is 312 g/mol. The number of ether oxygens (including phenoxy) is 1. The number of carbonyl (C=O) groups excluding carboxylic acids is 2. The Balaban J connectivity index is 2.69. The third-order valence-corrected chi connectivity index (χ3v) is 4.62. The Kier molecular flexibility index (Phi) is 6.08. The van der Waals surface area contributed by atoms with Crippen molar-refractivity contribution >= 4 is 21.6 Å². The van der Waals surface area contributed by atoms with Gasteiger partial charge in [0.15, 0.2) is 15.6 Å². The van der Waals surface area contributed by atoms with Crippen LogP contribution >= 0.6 is 0 Å². The molecule has 0 radical (unpaired) electrons. The van der Waals surface area contributed by atoms with Gasteiger partial charge in [0.2, 0.25) is 0 Å². The molecular weight excluding hydrogens is 292 g/mol. The summed E-state index contributed by atoms with van der Waals surface area (Å²) in [5.74, 6) is -1.69. The van der Waals surface area contributed by atoms with E-state index in [2.05, 4.69) is 4.74 Å². The summed E-state index contributed by atoms with van der Waals surface area (Å²) in [5.41, 5.74) is 1.45. The SMILES string of the molecule is COC(=O)CCS(=O)(=O)CC(=O)c1ccc(C(C)C)cc1. The zero-order valence-electron chi connectivity index (χ0n) is 12.5. The second kappa shape index (κ2) is 7.36. The zero-order chi connectivity index (χ0) is 16.0. The van der Waals surface area contributed by atoms with Crippen LogP contribution in [0.2, 0.25) is 0 Å². The second-order valence-electron chi connectivity index (χ2n) is 5.12. The molecule has 5 nitrogen and oxygen atoms in total. The molecule has 0 atom stereocenters. The number of rotatable bonds is 7. The normalized spacial score (nSPS) is 11.4. The molecule has 0 amide bonds. The molecule has 0 saturated heterocycles. The van der Waals surface area contributed by atoms with Crippen LogP contribution in [0, 0.1) is 0 Å². The minimum atomic E-state index is -3.61. The lowest BCUT2D eigenvalue weighted by atomic mass is 10.0. The molecule has 0 heterocycles. The maximum Gasteiger partial charge on any atom is 0.306 e. The molecule has 116 valence electrons. The topological polar surface area (TPSA) is 77.5 Å². The quantitative estimate of drug-likeness (QED) is 0.568. The van der Waals surface area contributed by atoms with E-state index in [4.69, 9.17) is 0 Å². The summed E-state index contributed by atoms with van der Waals surface area (Å²) < 4.78 is 27.9. The van der Waals surface area contributed by atoms with E-state index in [9.17, 15) is 18.0 Å². The van der Waals surface area contributed by atoms with Gasteiger partial charge in [-0.05, 0) is 11.5 Å². The van der Waals surface area contributed by atoms with Gasteiger partial charge in [0, 0.05) is 5.56 Å². The van der Waals surface area contributed by atoms with Crippen molar-refractivity contribution in [3.8, 4) is 0 Å². The number of Topliss-reactive ketones (excluding diaryl/α,β-unsaturated/α-hetero) is 1. The van der Waals surface area contributed by atoms with Crippen LogP contribution in [-0.2, 0) is 19.4 Å². The van der Waals surface area contributed by atoms with Crippen molar-refractivity contribution in [2.75, 3.05) is 18.6 Å². The highest BCUT2D eigenvalue weighted by atomic mass is 32.2. The summed E-state index contributed by atoms with van der Waals surface area (Å²) in [7, 11) is -2.42. The van der Waals surface area contributed by atoms with Crippen LogP contribution in [-0.4, -0.2) is 38.8 Å². The Hall–Kier alpha value is -1.69. The predicted octanol–water partition coefficient (Wildman–Crippen LogP) is 1.97. The Morgan fingerprint density at radius 1 is 1.14 bits per heavy atom. The van der Waals surface area contributed by atoms with Crippen LogP contribution in [0.25, 0.3) is 0 Å². The summed E-state index contributed by atoms with van der Waals surface area (Å²) in [4.78, 5) is 22.9. The largest absolute Gasteiger partial charge is 0.469 e. The molecule has 0 unspecified atom stereocenters. The summed E-state index contributed by atoms with van der Waals surface area (Å²) in [6.07, 6.45) is -0.238. The van der Waals surface area contributed by atoms with Crippen molar-refractivity contribution in [3.63, 3.8) is 0 Å². The van der Waals surface area contributed by atoms with E-state index in [1.54, 1.807) is 12.1 Å². The summed E-state index contributed by atoms with van der Waals surface area (Å²) >= 11 is 0. The van der Waals surface area contributed by atoms with Gasteiger partial charge in [0.25, 0.3) is 0 Å². The zero-order valence-corrected chi connectivity index (χ0v) is 13.3. The molecule has 21 heavy (non-hydrogen) atoms. The van der Waals surface area contributed by atoms with E-state index < -0.39 is 27.3 Å². The highest BCUT2D eigenvalue weighted by molar-refractivity contribution is 7.92. The average molecular weight is 312 g/mol. The lowest BCUT2D eigenvalue weighted by molar-refractivity contribution is -0.140. The number of hydrogen-bond acceptors (Lipinski definition) is 5. The van der Waals surface area contributed by atoms with Gasteiger partial charge >= 0.3 is 5.97 Å². The summed E-state index contributed by atoms with van der Waals surface area (Å²) in [6.45, 7) is 4.07. The first kappa shape index (κ1) is 17.4. The number of hydrogen-bond donors (Lipinski definition) is 0. The van der Waals surface area contributed by atoms with Gasteiger partial charge in [-0.1, -0.05) is 38.1 Å². The maximum atomic E-state index is 12.0. The number of carbonyl (C=O) groups is 2. The lowest BCUT2D eigenvalue weighted by Crippen LogP contribution is -2.21. The van der Waals surface area contributed by atoms with E-state index >= 15 is 0 Å². The number of methoxy groups -OCH3 is 1. The molecule has 0 spiro atoms. The third kappa shape index (κ3) is 5.67. The van der Waals surface area contributed by atoms with Crippen LogP contribution in [0.4, 0.5) is 0 Å². The lowest BCUT2D eigenvalue weighted by Gasteiger charge is -2.07. The minimum absolute atomic E-state index is 0.238. The fourth-order valence-corrected chi connectivity index (χ4v) is 2.94. The first-order valence-electron chi connectivity index (χ1n) is 6.65. The van der Waals surface area contributed by atoms with Gasteiger partial charge in [0.1, 0.15) is 5.75 Å². The number of sulfone groups is 1. The number of benzene rings is 1. The van der Waals surface area contributed by atoms with Crippen LogP contribution in [0.5, 0.6) is 0 Å². The Labute approximate surface area is 125 Å². The molecule has 6 heteroatoms. The molecule has 1 aromatic rings. The fraction of sp³-hybridized carbons (Fsp3) is 0.467. The number of esters is 1. The fourth-order valence-electron chi connectivity index (χ4n) is 1.75. The van der Waals surface area contributed by atoms with E-state index in [0.717, 1.165) is 5.56 Å². The Morgan fingerprint density at radius 3 is 2.19 bits per heavy atom.